The molecule has 1 heterocycles. The predicted molar refractivity (Wildman–Crippen MR) is 69.6 cm³/mol. The molecule has 1 aliphatic rings. The van der Waals surface area contributed by atoms with Gasteiger partial charge >= 0.3 is 0 Å². The minimum absolute atomic E-state index is 0.156. The van der Waals surface area contributed by atoms with Crippen LogP contribution >= 0.6 is 0 Å². The van der Waals surface area contributed by atoms with Crippen LogP contribution in [-0.4, -0.2) is 28.6 Å². The summed E-state index contributed by atoms with van der Waals surface area (Å²) in [5.41, 5.74) is 7.00. The van der Waals surface area contributed by atoms with Crippen LogP contribution in [0.1, 0.15) is 12.8 Å². The van der Waals surface area contributed by atoms with Gasteiger partial charge in [-0.05, 0) is 38.1 Å². The Kier molecular flexibility index (Phi) is 3.74. The van der Waals surface area contributed by atoms with E-state index in [0.717, 1.165) is 19.4 Å². The summed E-state index contributed by atoms with van der Waals surface area (Å²) in [6.07, 6.45) is 2.07. The van der Waals surface area contributed by atoms with Crippen molar-refractivity contribution < 1.29 is 13.3 Å². The lowest BCUT2D eigenvalue weighted by molar-refractivity contribution is 0.0781. The molecule has 3 N–H and O–H groups in total. The Morgan fingerprint density at radius 2 is 2.17 bits per heavy atom. The number of hydrogen-bond donors (Lipinski definition) is 2. The van der Waals surface area contributed by atoms with Crippen LogP contribution in [0.2, 0.25) is 0 Å². The Bertz CT molecular complexity index is 524. The number of hydrogen-bond acceptors (Lipinski definition) is 5. The van der Waals surface area contributed by atoms with E-state index in [1.54, 1.807) is 11.1 Å². The number of nitrogen functional groups attached to an aromatic ring is 1. The molecule has 1 aromatic carbocycles. The molecule has 6 nitrogen and oxygen atoms in total. The molecule has 0 bridgehead atoms. The van der Waals surface area contributed by atoms with E-state index in [0.29, 0.717) is 18.0 Å². The first-order valence-corrected chi connectivity index (χ1v) is 7.26. The zero-order valence-corrected chi connectivity index (χ0v) is 11.0. The van der Waals surface area contributed by atoms with E-state index in [4.69, 9.17) is 10.6 Å². The maximum absolute atomic E-state index is 11.6. The quantitative estimate of drug-likeness (QED) is 0.791. The minimum Gasteiger partial charge on any atom is -0.397 e. The Balaban J connectivity index is 2.30. The number of nitrogens with two attached hydrogens (primary N) is 1. The van der Waals surface area contributed by atoms with Gasteiger partial charge in [-0.15, -0.1) is 0 Å². The van der Waals surface area contributed by atoms with Crippen molar-refractivity contribution in [3.8, 4) is 0 Å². The minimum atomic E-state index is -3.46. The summed E-state index contributed by atoms with van der Waals surface area (Å²) >= 11 is 0. The van der Waals surface area contributed by atoms with Crippen LogP contribution in [0.5, 0.6) is 0 Å². The molecular formula is C11H17N3O3S. The molecule has 0 aliphatic carbocycles. The molecule has 0 spiro atoms. The van der Waals surface area contributed by atoms with Gasteiger partial charge in [0.15, 0.2) is 0 Å². The fraction of sp³-hybridized carbons (Fsp3) is 0.455. The Labute approximate surface area is 107 Å². The molecule has 0 unspecified atom stereocenters. The Morgan fingerprint density at radius 3 is 2.72 bits per heavy atom. The fourth-order valence-electron chi connectivity index (χ4n) is 1.83. The fourth-order valence-corrected chi connectivity index (χ4v) is 2.60. The van der Waals surface area contributed by atoms with Gasteiger partial charge in [0.05, 0.1) is 22.9 Å². The van der Waals surface area contributed by atoms with E-state index < -0.39 is 10.0 Å². The van der Waals surface area contributed by atoms with Crippen LogP contribution in [0.25, 0.3) is 0 Å². The highest BCUT2D eigenvalue weighted by atomic mass is 32.2. The van der Waals surface area contributed by atoms with Crippen molar-refractivity contribution in [2.24, 2.45) is 0 Å². The third-order valence-electron chi connectivity index (χ3n) is 2.85. The summed E-state index contributed by atoms with van der Waals surface area (Å²) in [4.78, 5) is 5.64. The molecule has 1 aromatic rings. The van der Waals surface area contributed by atoms with Gasteiger partial charge in [-0.25, -0.2) is 13.1 Å². The van der Waals surface area contributed by atoms with Crippen LogP contribution in [0.3, 0.4) is 0 Å². The maximum atomic E-state index is 11.6. The molecule has 0 radical (unpaired) electrons. The van der Waals surface area contributed by atoms with Crippen LogP contribution < -0.4 is 15.5 Å². The van der Waals surface area contributed by atoms with Crippen molar-refractivity contribution in [2.75, 3.05) is 31.0 Å². The number of rotatable bonds is 3. The van der Waals surface area contributed by atoms with E-state index in [2.05, 4.69) is 4.72 Å². The molecular weight excluding hydrogens is 254 g/mol. The molecule has 0 aromatic heterocycles. The predicted octanol–water partition coefficient (Wildman–Crippen LogP) is 0.709. The van der Waals surface area contributed by atoms with Crippen LogP contribution in [0, 0.1) is 0 Å². The second-order valence-corrected chi connectivity index (χ2v) is 5.96. The highest BCUT2D eigenvalue weighted by Crippen LogP contribution is 2.28. The average Bonchev–Trinajstić information content (AvgIpc) is 2.39. The van der Waals surface area contributed by atoms with Crippen molar-refractivity contribution in [3.63, 3.8) is 0 Å². The summed E-state index contributed by atoms with van der Waals surface area (Å²) < 4.78 is 25.5. The standard InChI is InChI=1S/C11H17N3O3S/c1-13-18(15,16)9-4-5-11(10(12)8-9)14-6-2-3-7-17-14/h4-5,8,13H,2-3,6-7,12H2,1H3. The summed E-state index contributed by atoms with van der Waals surface area (Å²) in [6.45, 7) is 1.43. The molecule has 1 aliphatic heterocycles. The highest BCUT2D eigenvalue weighted by Gasteiger charge is 2.18. The number of anilines is 2. The van der Waals surface area contributed by atoms with Gasteiger partial charge in [0.25, 0.3) is 0 Å². The SMILES string of the molecule is CNS(=O)(=O)c1ccc(N2CCCCO2)c(N)c1. The molecule has 1 fully saturated rings. The molecule has 1 saturated heterocycles. The highest BCUT2D eigenvalue weighted by molar-refractivity contribution is 7.89. The zero-order valence-electron chi connectivity index (χ0n) is 10.2. The van der Waals surface area contributed by atoms with Crippen molar-refractivity contribution in [1.82, 2.24) is 4.72 Å². The monoisotopic (exact) mass is 271 g/mol. The summed E-state index contributed by atoms with van der Waals surface area (Å²) in [5, 5.41) is 1.72. The van der Waals surface area contributed by atoms with Gasteiger partial charge < -0.3 is 5.73 Å². The van der Waals surface area contributed by atoms with Gasteiger partial charge in [-0.3, -0.25) is 9.90 Å². The molecule has 100 valence electrons. The number of nitrogens with one attached hydrogen (secondary N) is 1. The van der Waals surface area contributed by atoms with Gasteiger partial charge in [0, 0.05) is 6.54 Å². The van der Waals surface area contributed by atoms with Crippen molar-refractivity contribution in [3.05, 3.63) is 18.2 Å². The molecule has 7 heteroatoms. The summed E-state index contributed by atoms with van der Waals surface area (Å²) in [5.74, 6) is 0. The lowest BCUT2D eigenvalue weighted by Crippen LogP contribution is -2.30. The topological polar surface area (TPSA) is 84.7 Å². The van der Waals surface area contributed by atoms with Gasteiger partial charge in [0.2, 0.25) is 10.0 Å². The third-order valence-corrected chi connectivity index (χ3v) is 4.26. The molecule has 2 rings (SSSR count). The van der Waals surface area contributed by atoms with E-state index in [1.807, 2.05) is 0 Å². The number of benzene rings is 1. The van der Waals surface area contributed by atoms with Crippen molar-refractivity contribution in [2.45, 2.75) is 17.7 Å². The molecule has 18 heavy (non-hydrogen) atoms. The normalized spacial score (nSPS) is 16.8. The van der Waals surface area contributed by atoms with Gasteiger partial charge in [-0.2, -0.15) is 0 Å². The lowest BCUT2D eigenvalue weighted by Gasteiger charge is -2.28. The molecule has 0 atom stereocenters. The maximum Gasteiger partial charge on any atom is 0.240 e. The van der Waals surface area contributed by atoms with Crippen LogP contribution in [0.15, 0.2) is 23.1 Å². The third kappa shape index (κ3) is 2.58. The summed E-state index contributed by atoms with van der Waals surface area (Å²) in [7, 11) is -2.09. The number of nitrogens with zero attached hydrogens (tertiary/aromatic N) is 1. The van der Waals surface area contributed by atoms with Crippen molar-refractivity contribution >= 4 is 21.4 Å². The zero-order chi connectivity index (χ0) is 13.2. The van der Waals surface area contributed by atoms with Crippen LogP contribution in [0.4, 0.5) is 11.4 Å². The number of sulfonamides is 1. The first kappa shape index (κ1) is 13.1. The van der Waals surface area contributed by atoms with Gasteiger partial charge in [0.1, 0.15) is 0 Å². The largest absolute Gasteiger partial charge is 0.397 e. The van der Waals surface area contributed by atoms with Gasteiger partial charge in [-0.1, -0.05) is 0 Å². The van der Waals surface area contributed by atoms with E-state index in [9.17, 15) is 8.42 Å². The second kappa shape index (κ2) is 5.13. The smallest absolute Gasteiger partial charge is 0.240 e. The Morgan fingerprint density at radius 1 is 1.39 bits per heavy atom. The number of hydroxylamine groups is 1. The van der Waals surface area contributed by atoms with E-state index >= 15 is 0 Å². The van der Waals surface area contributed by atoms with E-state index in [1.165, 1.54) is 19.2 Å². The molecule has 0 saturated carbocycles. The lowest BCUT2D eigenvalue weighted by atomic mass is 10.2. The first-order valence-electron chi connectivity index (χ1n) is 5.78. The first-order chi connectivity index (χ1) is 8.54. The van der Waals surface area contributed by atoms with Crippen molar-refractivity contribution in [1.29, 1.82) is 0 Å². The average molecular weight is 271 g/mol. The summed E-state index contributed by atoms with van der Waals surface area (Å²) in [6, 6.07) is 4.64. The second-order valence-electron chi connectivity index (χ2n) is 4.07. The van der Waals surface area contributed by atoms with E-state index in [-0.39, 0.29) is 4.90 Å². The Hall–Kier alpha value is -1.31. The van der Waals surface area contributed by atoms with Crippen LogP contribution in [-0.2, 0) is 14.9 Å². The molecule has 0 amide bonds.